The molecule has 2 nitrogen and oxygen atoms in total. The van der Waals surface area contributed by atoms with Gasteiger partial charge in [-0.05, 0) is 24.2 Å². The van der Waals surface area contributed by atoms with Gasteiger partial charge >= 0.3 is 0 Å². The maximum Gasteiger partial charge on any atom is 0.0914 e. The smallest absolute Gasteiger partial charge is 0.0914 e. The van der Waals surface area contributed by atoms with Gasteiger partial charge in [-0.1, -0.05) is 36.2 Å². The monoisotopic (exact) mass is 233 g/mol. The molecule has 4 heteroatoms. The average Bonchev–Trinajstić information content (AvgIpc) is 2.18. The van der Waals surface area contributed by atoms with Gasteiger partial charge in [-0.25, -0.2) is 0 Å². The Morgan fingerprint density at radius 2 is 2.07 bits per heavy atom. The normalized spacial score (nSPS) is 12.9. The molecule has 0 fully saturated rings. The lowest BCUT2D eigenvalue weighted by Gasteiger charge is -2.11. The highest BCUT2D eigenvalue weighted by molar-refractivity contribution is 6.42. The van der Waals surface area contributed by atoms with Crippen molar-refractivity contribution in [2.24, 2.45) is 0 Å². The first-order valence-corrected chi connectivity index (χ1v) is 5.24. The van der Waals surface area contributed by atoms with Crippen molar-refractivity contribution in [2.75, 3.05) is 13.1 Å². The lowest BCUT2D eigenvalue weighted by molar-refractivity contribution is 0.175. The number of benzene rings is 1. The predicted octanol–water partition coefficient (Wildman–Crippen LogP) is 2.64. The van der Waals surface area contributed by atoms with Crippen LogP contribution >= 0.6 is 23.2 Å². The summed E-state index contributed by atoms with van der Waals surface area (Å²) in [6.45, 7) is 3.34. The highest BCUT2D eigenvalue weighted by Gasteiger charge is 2.08. The zero-order valence-electron chi connectivity index (χ0n) is 7.93. The van der Waals surface area contributed by atoms with Crippen LogP contribution in [0.15, 0.2) is 18.2 Å². The zero-order valence-corrected chi connectivity index (χ0v) is 9.44. The van der Waals surface area contributed by atoms with E-state index in [4.69, 9.17) is 23.2 Å². The molecule has 0 aliphatic heterocycles. The zero-order chi connectivity index (χ0) is 10.6. The molecule has 0 aromatic heterocycles. The summed E-state index contributed by atoms with van der Waals surface area (Å²) in [5, 5.41) is 13.7. The number of likely N-dealkylation sites (N-methyl/N-ethyl adjacent to an activating group) is 1. The van der Waals surface area contributed by atoms with Crippen LogP contribution < -0.4 is 5.32 Å². The van der Waals surface area contributed by atoms with E-state index < -0.39 is 6.10 Å². The SMILES string of the molecule is CCNCC(O)c1ccc(Cl)c(Cl)c1. The minimum absolute atomic E-state index is 0.472. The van der Waals surface area contributed by atoms with Crippen molar-refractivity contribution in [1.29, 1.82) is 0 Å². The molecular formula is C10H13Cl2NO. The molecule has 14 heavy (non-hydrogen) atoms. The second-order valence-electron chi connectivity index (χ2n) is 3.00. The summed E-state index contributed by atoms with van der Waals surface area (Å²) in [4.78, 5) is 0. The Labute approximate surface area is 93.8 Å². The van der Waals surface area contributed by atoms with Gasteiger partial charge in [0.05, 0.1) is 16.1 Å². The minimum atomic E-state index is -0.537. The Kier molecular flexibility index (Phi) is 4.69. The summed E-state index contributed by atoms with van der Waals surface area (Å²) in [5.41, 5.74) is 0.778. The molecule has 0 heterocycles. The van der Waals surface area contributed by atoms with Crippen molar-refractivity contribution < 1.29 is 5.11 Å². The average molecular weight is 234 g/mol. The number of halogens is 2. The lowest BCUT2D eigenvalue weighted by Crippen LogP contribution is -2.20. The van der Waals surface area contributed by atoms with Gasteiger partial charge in [0.1, 0.15) is 0 Å². The molecule has 1 atom stereocenters. The molecule has 0 bridgehead atoms. The van der Waals surface area contributed by atoms with Gasteiger partial charge in [0, 0.05) is 6.54 Å². The largest absolute Gasteiger partial charge is 0.387 e. The number of hydrogen-bond acceptors (Lipinski definition) is 2. The van der Waals surface area contributed by atoms with Gasteiger partial charge in [0.25, 0.3) is 0 Å². The van der Waals surface area contributed by atoms with Crippen molar-refractivity contribution >= 4 is 23.2 Å². The fourth-order valence-electron chi connectivity index (χ4n) is 1.12. The van der Waals surface area contributed by atoms with E-state index in [9.17, 15) is 5.11 Å². The molecule has 0 aliphatic carbocycles. The van der Waals surface area contributed by atoms with Gasteiger partial charge in [0.2, 0.25) is 0 Å². The molecular weight excluding hydrogens is 221 g/mol. The summed E-state index contributed by atoms with van der Waals surface area (Å²) in [5.74, 6) is 0. The Morgan fingerprint density at radius 3 is 2.64 bits per heavy atom. The van der Waals surface area contributed by atoms with E-state index in [0.29, 0.717) is 16.6 Å². The summed E-state index contributed by atoms with van der Waals surface area (Å²) >= 11 is 11.6. The minimum Gasteiger partial charge on any atom is -0.387 e. The predicted molar refractivity (Wildman–Crippen MR) is 60.0 cm³/mol. The second-order valence-corrected chi connectivity index (χ2v) is 3.81. The Bertz CT molecular complexity index is 304. The quantitative estimate of drug-likeness (QED) is 0.839. The Balaban J connectivity index is 2.70. The number of aliphatic hydroxyl groups excluding tert-OH is 1. The van der Waals surface area contributed by atoms with Crippen molar-refractivity contribution in [2.45, 2.75) is 13.0 Å². The number of nitrogens with one attached hydrogen (secondary N) is 1. The van der Waals surface area contributed by atoms with Crippen molar-refractivity contribution in [1.82, 2.24) is 5.32 Å². The van der Waals surface area contributed by atoms with Crippen molar-refractivity contribution in [3.05, 3.63) is 33.8 Å². The topological polar surface area (TPSA) is 32.3 Å². The van der Waals surface area contributed by atoms with E-state index >= 15 is 0 Å². The molecule has 1 unspecified atom stereocenters. The summed E-state index contributed by atoms with van der Waals surface area (Å²) in [7, 11) is 0. The molecule has 1 rings (SSSR count). The van der Waals surface area contributed by atoms with E-state index in [1.807, 2.05) is 6.92 Å². The molecule has 0 spiro atoms. The summed E-state index contributed by atoms with van der Waals surface area (Å²) in [6, 6.07) is 5.15. The van der Waals surface area contributed by atoms with E-state index in [2.05, 4.69) is 5.32 Å². The van der Waals surface area contributed by atoms with Crippen LogP contribution in [0.5, 0.6) is 0 Å². The van der Waals surface area contributed by atoms with Crippen LogP contribution in [0, 0.1) is 0 Å². The third-order valence-electron chi connectivity index (χ3n) is 1.92. The van der Waals surface area contributed by atoms with Crippen molar-refractivity contribution in [3.8, 4) is 0 Å². The molecule has 0 amide bonds. The highest BCUT2D eigenvalue weighted by atomic mass is 35.5. The van der Waals surface area contributed by atoms with Crippen LogP contribution in [0.2, 0.25) is 10.0 Å². The van der Waals surface area contributed by atoms with Crippen LogP contribution in [0.3, 0.4) is 0 Å². The fourth-order valence-corrected chi connectivity index (χ4v) is 1.43. The third kappa shape index (κ3) is 3.14. The van der Waals surface area contributed by atoms with E-state index in [-0.39, 0.29) is 0 Å². The summed E-state index contributed by atoms with van der Waals surface area (Å²) in [6.07, 6.45) is -0.537. The first-order valence-electron chi connectivity index (χ1n) is 4.49. The first kappa shape index (κ1) is 11.8. The molecule has 1 aromatic rings. The third-order valence-corrected chi connectivity index (χ3v) is 2.66. The van der Waals surface area contributed by atoms with Gasteiger partial charge < -0.3 is 10.4 Å². The molecule has 0 saturated carbocycles. The van der Waals surface area contributed by atoms with Gasteiger partial charge in [-0.15, -0.1) is 0 Å². The molecule has 78 valence electrons. The van der Waals surface area contributed by atoms with E-state index in [1.54, 1.807) is 18.2 Å². The Morgan fingerprint density at radius 1 is 1.36 bits per heavy atom. The molecule has 2 N–H and O–H groups in total. The lowest BCUT2D eigenvalue weighted by atomic mass is 10.1. The highest BCUT2D eigenvalue weighted by Crippen LogP contribution is 2.25. The van der Waals surface area contributed by atoms with Crippen LogP contribution in [0.4, 0.5) is 0 Å². The standard InChI is InChI=1S/C10H13Cl2NO/c1-2-13-6-10(14)7-3-4-8(11)9(12)5-7/h3-5,10,13-14H,2,6H2,1H3. The van der Waals surface area contributed by atoms with Gasteiger partial charge in [-0.3, -0.25) is 0 Å². The molecule has 0 saturated heterocycles. The molecule has 0 aliphatic rings. The molecule has 1 aromatic carbocycles. The number of rotatable bonds is 4. The van der Waals surface area contributed by atoms with E-state index in [1.165, 1.54) is 0 Å². The maximum absolute atomic E-state index is 9.70. The van der Waals surface area contributed by atoms with Crippen LogP contribution in [-0.2, 0) is 0 Å². The Hall–Kier alpha value is -0.280. The fraction of sp³-hybridized carbons (Fsp3) is 0.400. The maximum atomic E-state index is 9.70. The van der Waals surface area contributed by atoms with Crippen LogP contribution in [0.1, 0.15) is 18.6 Å². The summed E-state index contributed by atoms with van der Waals surface area (Å²) < 4.78 is 0. The van der Waals surface area contributed by atoms with E-state index in [0.717, 1.165) is 12.1 Å². The second kappa shape index (κ2) is 5.56. The number of aliphatic hydroxyl groups is 1. The molecule has 0 radical (unpaired) electrons. The first-order chi connectivity index (χ1) is 6.65. The van der Waals surface area contributed by atoms with Crippen LogP contribution in [-0.4, -0.2) is 18.2 Å². The van der Waals surface area contributed by atoms with Gasteiger partial charge in [-0.2, -0.15) is 0 Å². The van der Waals surface area contributed by atoms with Gasteiger partial charge in [0.15, 0.2) is 0 Å². The van der Waals surface area contributed by atoms with Crippen molar-refractivity contribution in [3.63, 3.8) is 0 Å². The van der Waals surface area contributed by atoms with Crippen LogP contribution in [0.25, 0.3) is 0 Å². The number of hydrogen-bond donors (Lipinski definition) is 2.